The van der Waals surface area contributed by atoms with Gasteiger partial charge in [0.2, 0.25) is 0 Å². The lowest BCUT2D eigenvalue weighted by Gasteiger charge is -2.33. The number of allylic oxidation sites excluding steroid dienone is 3. The van der Waals surface area contributed by atoms with Gasteiger partial charge in [0, 0.05) is 22.8 Å². The molecule has 1 N–H and O–H groups in total. The maximum Gasteiger partial charge on any atom is 0.157 e. The van der Waals surface area contributed by atoms with Gasteiger partial charge >= 0.3 is 0 Å². The van der Waals surface area contributed by atoms with Crippen molar-refractivity contribution in [3.8, 4) is 0 Å². The molecule has 0 aromatic heterocycles. The van der Waals surface area contributed by atoms with E-state index < -0.39 is 14.6 Å². The number of nitrogens with one attached hydrogen (secondary N) is 1. The third-order valence-electron chi connectivity index (χ3n) is 5.50. The van der Waals surface area contributed by atoms with E-state index in [1.807, 2.05) is 43.0 Å². The van der Waals surface area contributed by atoms with Gasteiger partial charge in [-0.2, -0.15) is 0 Å². The number of benzene rings is 1. The van der Waals surface area contributed by atoms with Crippen molar-refractivity contribution < 1.29 is 8.42 Å². The summed E-state index contributed by atoms with van der Waals surface area (Å²) in [6.07, 6.45) is 11.2. The Kier molecular flexibility index (Phi) is 5.47. The van der Waals surface area contributed by atoms with Gasteiger partial charge in [-0.25, -0.2) is 8.42 Å². The molecule has 1 aliphatic heterocycles. The van der Waals surface area contributed by atoms with Crippen molar-refractivity contribution in [3.63, 3.8) is 0 Å². The van der Waals surface area contributed by atoms with E-state index in [2.05, 4.69) is 24.4 Å². The molecule has 2 unspecified atom stereocenters. The number of aryl methyl sites for hydroxylation is 1. The molecule has 2 atom stereocenters. The lowest BCUT2D eigenvalue weighted by atomic mass is 9.90. The average molecular weight is 378 g/mol. The summed E-state index contributed by atoms with van der Waals surface area (Å²) in [6, 6.07) is 4.46. The van der Waals surface area contributed by atoms with Crippen LogP contribution in [0.2, 0.25) is 0 Å². The van der Waals surface area contributed by atoms with Crippen LogP contribution in [-0.4, -0.2) is 38.3 Å². The minimum absolute atomic E-state index is 0.0170. The van der Waals surface area contributed by atoms with Crippen LogP contribution in [0.4, 0.5) is 0 Å². The highest BCUT2D eigenvalue weighted by atomic mass is 32.2. The number of rotatable bonds is 4. The van der Waals surface area contributed by atoms with E-state index in [9.17, 15) is 8.42 Å². The molecule has 1 aliphatic carbocycles. The number of sulfone groups is 1. The van der Waals surface area contributed by atoms with Gasteiger partial charge in [-0.15, -0.1) is 11.8 Å². The minimum Gasteiger partial charge on any atom is -0.316 e. The van der Waals surface area contributed by atoms with E-state index in [-0.39, 0.29) is 5.92 Å². The summed E-state index contributed by atoms with van der Waals surface area (Å²) in [5.41, 5.74) is 4.18. The molecule has 0 amide bonds. The Morgan fingerprint density at radius 2 is 2.00 bits per heavy atom. The molecule has 1 aromatic carbocycles. The van der Waals surface area contributed by atoms with Crippen molar-refractivity contribution in [2.45, 2.75) is 36.3 Å². The number of hydrogen-bond donors (Lipinski definition) is 1. The molecule has 0 bridgehead atoms. The van der Waals surface area contributed by atoms with Gasteiger partial charge in [0.15, 0.2) is 9.84 Å². The fourth-order valence-electron chi connectivity index (χ4n) is 3.61. The molecule has 0 saturated heterocycles. The lowest BCUT2D eigenvalue weighted by molar-refractivity contribution is 0.523. The number of fused-ring (bicyclic) bond motifs is 1. The first kappa shape index (κ1) is 18.7. The Balaban J connectivity index is 1.87. The zero-order valence-electron chi connectivity index (χ0n) is 15.2. The van der Waals surface area contributed by atoms with E-state index in [1.165, 1.54) is 27.8 Å². The summed E-state index contributed by atoms with van der Waals surface area (Å²) < 4.78 is 23.9. The van der Waals surface area contributed by atoms with Crippen LogP contribution in [0.3, 0.4) is 0 Å². The Morgan fingerprint density at radius 3 is 2.76 bits per heavy atom. The van der Waals surface area contributed by atoms with E-state index in [0.717, 1.165) is 31.7 Å². The van der Waals surface area contributed by atoms with Crippen molar-refractivity contribution >= 4 is 21.6 Å². The summed E-state index contributed by atoms with van der Waals surface area (Å²) in [4.78, 5) is 1.35. The maximum atomic E-state index is 12.4. The van der Waals surface area contributed by atoms with E-state index in [0.29, 0.717) is 0 Å². The topological polar surface area (TPSA) is 46.2 Å². The van der Waals surface area contributed by atoms with Crippen LogP contribution in [0.5, 0.6) is 0 Å². The molecular weight excluding hydrogens is 350 g/mol. The fraction of sp³-hybridized carbons (Fsp3) is 0.500. The van der Waals surface area contributed by atoms with Gasteiger partial charge in [-0.1, -0.05) is 36.4 Å². The molecule has 0 spiro atoms. The summed E-state index contributed by atoms with van der Waals surface area (Å²) in [6.45, 7) is 6.04. The van der Waals surface area contributed by atoms with E-state index in [1.54, 1.807) is 0 Å². The smallest absolute Gasteiger partial charge is 0.157 e. The van der Waals surface area contributed by atoms with Crippen LogP contribution >= 0.6 is 11.8 Å². The fourth-order valence-corrected chi connectivity index (χ4v) is 6.26. The van der Waals surface area contributed by atoms with Crippen molar-refractivity contribution in [1.29, 1.82) is 0 Å². The molecule has 3 rings (SSSR count). The van der Waals surface area contributed by atoms with Gasteiger partial charge in [0.05, 0.1) is 4.75 Å². The van der Waals surface area contributed by atoms with Crippen molar-refractivity contribution in [1.82, 2.24) is 5.32 Å². The zero-order chi connectivity index (χ0) is 18.1. The van der Waals surface area contributed by atoms with Crippen LogP contribution in [0.15, 0.2) is 41.3 Å². The predicted octanol–water partition coefficient (Wildman–Crippen LogP) is 3.32. The lowest BCUT2D eigenvalue weighted by Crippen LogP contribution is -2.41. The molecule has 0 saturated carbocycles. The summed E-state index contributed by atoms with van der Waals surface area (Å²) in [5.74, 6) is 0.756. The van der Waals surface area contributed by atoms with Crippen LogP contribution in [-0.2, 0) is 22.7 Å². The van der Waals surface area contributed by atoms with E-state index >= 15 is 0 Å². The molecule has 0 fully saturated rings. The molecule has 136 valence electrons. The highest BCUT2D eigenvalue weighted by Crippen LogP contribution is 2.38. The first-order valence-electron chi connectivity index (χ1n) is 8.83. The second-order valence-corrected chi connectivity index (χ2v) is 10.7. The number of hydrogen-bond acceptors (Lipinski definition) is 4. The maximum absolute atomic E-state index is 12.4. The molecule has 0 radical (unpaired) electrons. The van der Waals surface area contributed by atoms with E-state index in [4.69, 9.17) is 0 Å². The number of thioether (sulfide) groups is 1. The second kappa shape index (κ2) is 7.29. The first-order chi connectivity index (χ1) is 11.8. The average Bonchev–Trinajstić information content (AvgIpc) is 2.80. The third-order valence-corrected chi connectivity index (χ3v) is 8.92. The Morgan fingerprint density at radius 1 is 1.24 bits per heavy atom. The molecule has 3 nitrogen and oxygen atoms in total. The van der Waals surface area contributed by atoms with Gasteiger partial charge in [-0.05, 0) is 56.5 Å². The monoisotopic (exact) mass is 377 g/mol. The standard InChI is InChI=1S/C20H27NO2S2/c1-15-7-8-16-9-12-21-13-10-18(16)19(15)24-14-17-6-4-5-11-20(17,2)25(3,22)23/h4-8,11,17,21H,9-10,12-14H2,1-3H3. The Hall–Kier alpha value is -1.04. The third kappa shape index (κ3) is 3.74. The van der Waals surface area contributed by atoms with Gasteiger partial charge < -0.3 is 5.32 Å². The Bertz CT molecular complexity index is 811. The SMILES string of the molecule is Cc1ccc2c(c1SCC1C=CC=CC1(C)S(C)(=O)=O)CCNCC2. The molecular formula is C20H27NO2S2. The van der Waals surface area contributed by atoms with Crippen molar-refractivity contribution in [3.05, 3.63) is 53.1 Å². The molecule has 25 heavy (non-hydrogen) atoms. The molecule has 1 aromatic rings. The van der Waals surface area contributed by atoms with Gasteiger partial charge in [-0.3, -0.25) is 0 Å². The first-order valence-corrected chi connectivity index (χ1v) is 11.7. The largest absolute Gasteiger partial charge is 0.316 e. The molecule has 2 aliphatic rings. The minimum atomic E-state index is -3.17. The van der Waals surface area contributed by atoms with Gasteiger partial charge in [0.1, 0.15) is 0 Å². The summed E-state index contributed by atoms with van der Waals surface area (Å²) in [5, 5.41) is 3.47. The highest BCUT2D eigenvalue weighted by molar-refractivity contribution is 7.99. The van der Waals surface area contributed by atoms with Crippen LogP contribution < -0.4 is 5.32 Å². The normalized spacial score (nSPS) is 26.3. The van der Waals surface area contributed by atoms with Crippen molar-refractivity contribution in [2.75, 3.05) is 25.1 Å². The van der Waals surface area contributed by atoms with Crippen LogP contribution in [0, 0.1) is 12.8 Å². The summed E-state index contributed by atoms with van der Waals surface area (Å²) >= 11 is 1.82. The Labute approximate surface area is 155 Å². The van der Waals surface area contributed by atoms with Gasteiger partial charge in [0.25, 0.3) is 0 Å². The molecule has 5 heteroatoms. The van der Waals surface area contributed by atoms with Crippen molar-refractivity contribution in [2.24, 2.45) is 5.92 Å². The second-order valence-electron chi connectivity index (χ2n) is 7.22. The summed E-state index contributed by atoms with van der Waals surface area (Å²) in [7, 11) is -3.17. The molecule has 1 heterocycles. The quantitative estimate of drug-likeness (QED) is 0.818. The van der Waals surface area contributed by atoms with Crippen LogP contribution in [0.1, 0.15) is 23.6 Å². The highest BCUT2D eigenvalue weighted by Gasteiger charge is 2.41. The predicted molar refractivity (Wildman–Crippen MR) is 107 cm³/mol. The van der Waals surface area contributed by atoms with Crippen LogP contribution in [0.25, 0.3) is 0 Å². The zero-order valence-corrected chi connectivity index (χ0v) is 16.8.